The molecule has 0 amide bonds. The highest BCUT2D eigenvalue weighted by Gasteiger charge is 2.14. The molecule has 4 heteroatoms. The number of nitrogens with one attached hydrogen (secondary N) is 1. The maximum absolute atomic E-state index is 6.00. The van der Waals surface area contributed by atoms with Gasteiger partial charge in [0.25, 0.3) is 0 Å². The van der Waals surface area contributed by atoms with Gasteiger partial charge in [0, 0.05) is 15.7 Å². The SMILES string of the molecule is NNC(CSc1cccc(Cl)c1)C1=CCCCCC1. The van der Waals surface area contributed by atoms with Crippen molar-refractivity contribution < 1.29 is 0 Å². The highest BCUT2D eigenvalue weighted by atomic mass is 35.5. The van der Waals surface area contributed by atoms with E-state index in [0.717, 1.165) is 10.8 Å². The summed E-state index contributed by atoms with van der Waals surface area (Å²) in [4.78, 5) is 1.20. The predicted molar refractivity (Wildman–Crippen MR) is 84.5 cm³/mol. The quantitative estimate of drug-likeness (QED) is 0.371. The van der Waals surface area contributed by atoms with Gasteiger partial charge in [-0.3, -0.25) is 11.3 Å². The molecule has 2 rings (SSSR count). The van der Waals surface area contributed by atoms with Crippen molar-refractivity contribution in [1.82, 2.24) is 5.43 Å². The van der Waals surface area contributed by atoms with Crippen LogP contribution in [-0.2, 0) is 0 Å². The molecule has 0 spiro atoms. The molecule has 1 atom stereocenters. The Hall–Kier alpha value is -0.480. The van der Waals surface area contributed by atoms with Crippen LogP contribution in [-0.4, -0.2) is 11.8 Å². The summed E-state index contributed by atoms with van der Waals surface area (Å²) in [7, 11) is 0. The molecule has 0 aliphatic heterocycles. The maximum Gasteiger partial charge on any atom is 0.0513 e. The van der Waals surface area contributed by atoms with Gasteiger partial charge in [0.1, 0.15) is 0 Å². The molecule has 1 aliphatic rings. The van der Waals surface area contributed by atoms with Crippen LogP contribution in [0.1, 0.15) is 32.1 Å². The second-order valence-corrected chi connectivity index (χ2v) is 6.40. The van der Waals surface area contributed by atoms with Crippen molar-refractivity contribution in [2.75, 3.05) is 5.75 Å². The summed E-state index contributed by atoms with van der Waals surface area (Å²) in [5.74, 6) is 6.67. The molecule has 0 radical (unpaired) electrons. The highest BCUT2D eigenvalue weighted by Crippen LogP contribution is 2.26. The Bertz CT molecular complexity index is 434. The zero-order chi connectivity index (χ0) is 13.5. The summed E-state index contributed by atoms with van der Waals surface area (Å²) in [5.41, 5.74) is 4.43. The van der Waals surface area contributed by atoms with E-state index in [0.29, 0.717) is 0 Å². The monoisotopic (exact) mass is 296 g/mol. The molecule has 0 saturated heterocycles. The van der Waals surface area contributed by atoms with Gasteiger partial charge in [-0.2, -0.15) is 0 Å². The van der Waals surface area contributed by atoms with E-state index in [9.17, 15) is 0 Å². The van der Waals surface area contributed by atoms with Gasteiger partial charge in [-0.15, -0.1) is 11.8 Å². The van der Waals surface area contributed by atoms with E-state index >= 15 is 0 Å². The smallest absolute Gasteiger partial charge is 0.0513 e. The van der Waals surface area contributed by atoms with Gasteiger partial charge in [-0.05, 0) is 43.9 Å². The predicted octanol–water partition coefficient (Wildman–Crippen LogP) is 4.15. The van der Waals surface area contributed by atoms with Crippen LogP contribution in [0.15, 0.2) is 40.8 Å². The molecule has 0 heterocycles. The minimum atomic E-state index is 0.266. The van der Waals surface area contributed by atoms with Crippen LogP contribution in [0.4, 0.5) is 0 Å². The first-order chi connectivity index (χ1) is 9.29. The molecule has 19 heavy (non-hydrogen) atoms. The number of thioether (sulfide) groups is 1. The first-order valence-electron chi connectivity index (χ1n) is 6.83. The van der Waals surface area contributed by atoms with Gasteiger partial charge in [0.2, 0.25) is 0 Å². The normalized spacial score (nSPS) is 17.7. The molecule has 1 unspecified atom stereocenters. The number of allylic oxidation sites excluding steroid dienone is 1. The van der Waals surface area contributed by atoms with Crippen LogP contribution >= 0.6 is 23.4 Å². The van der Waals surface area contributed by atoms with Crippen LogP contribution in [0.3, 0.4) is 0 Å². The summed E-state index contributed by atoms with van der Waals surface area (Å²) < 4.78 is 0. The van der Waals surface area contributed by atoms with E-state index in [4.69, 9.17) is 17.4 Å². The zero-order valence-corrected chi connectivity index (χ0v) is 12.6. The van der Waals surface area contributed by atoms with Gasteiger partial charge >= 0.3 is 0 Å². The number of benzene rings is 1. The molecule has 104 valence electrons. The Kier molecular flexibility index (Phi) is 6.24. The maximum atomic E-state index is 6.00. The van der Waals surface area contributed by atoms with Crippen molar-refractivity contribution in [2.24, 2.45) is 5.84 Å². The lowest BCUT2D eigenvalue weighted by atomic mass is 10.0. The number of hydrazine groups is 1. The Morgan fingerprint density at radius 1 is 1.32 bits per heavy atom. The van der Waals surface area contributed by atoms with Crippen molar-refractivity contribution in [3.05, 3.63) is 40.9 Å². The number of hydrogen-bond donors (Lipinski definition) is 2. The second kappa shape index (κ2) is 7.95. The fourth-order valence-electron chi connectivity index (χ4n) is 2.35. The lowest BCUT2D eigenvalue weighted by Crippen LogP contribution is -2.38. The molecule has 1 aromatic rings. The number of nitrogens with two attached hydrogens (primary N) is 1. The van der Waals surface area contributed by atoms with Crippen molar-refractivity contribution >= 4 is 23.4 Å². The topological polar surface area (TPSA) is 38.0 Å². The molecular weight excluding hydrogens is 276 g/mol. The molecule has 2 nitrogen and oxygen atoms in total. The first kappa shape index (κ1) is 14.9. The molecule has 1 aromatic carbocycles. The van der Waals surface area contributed by atoms with Gasteiger partial charge in [-0.1, -0.05) is 35.7 Å². The van der Waals surface area contributed by atoms with E-state index in [1.807, 2.05) is 18.2 Å². The van der Waals surface area contributed by atoms with Crippen molar-refractivity contribution in [3.63, 3.8) is 0 Å². The number of halogens is 1. The van der Waals surface area contributed by atoms with Gasteiger partial charge < -0.3 is 0 Å². The molecule has 0 bridgehead atoms. The van der Waals surface area contributed by atoms with E-state index in [1.54, 1.807) is 11.8 Å². The van der Waals surface area contributed by atoms with Crippen LogP contribution in [0, 0.1) is 0 Å². The molecule has 1 aliphatic carbocycles. The third-order valence-electron chi connectivity index (χ3n) is 3.44. The van der Waals surface area contributed by atoms with Crippen LogP contribution < -0.4 is 11.3 Å². The Morgan fingerprint density at radius 2 is 2.21 bits per heavy atom. The third kappa shape index (κ3) is 4.84. The van der Waals surface area contributed by atoms with E-state index in [-0.39, 0.29) is 6.04 Å². The highest BCUT2D eigenvalue weighted by molar-refractivity contribution is 7.99. The van der Waals surface area contributed by atoms with E-state index in [1.165, 1.54) is 42.6 Å². The largest absolute Gasteiger partial charge is 0.271 e. The molecule has 3 N–H and O–H groups in total. The molecule has 0 fully saturated rings. The number of hydrogen-bond acceptors (Lipinski definition) is 3. The fourth-order valence-corrected chi connectivity index (χ4v) is 3.66. The van der Waals surface area contributed by atoms with Gasteiger partial charge in [0.05, 0.1) is 6.04 Å². The fraction of sp³-hybridized carbons (Fsp3) is 0.467. The minimum absolute atomic E-state index is 0.266. The van der Waals surface area contributed by atoms with Crippen molar-refractivity contribution in [3.8, 4) is 0 Å². The van der Waals surface area contributed by atoms with Crippen LogP contribution in [0.5, 0.6) is 0 Å². The lowest BCUT2D eigenvalue weighted by molar-refractivity contribution is 0.611. The summed E-state index contributed by atoms with van der Waals surface area (Å²) in [6.07, 6.45) is 8.66. The first-order valence-corrected chi connectivity index (χ1v) is 8.19. The van der Waals surface area contributed by atoms with Gasteiger partial charge in [-0.25, -0.2) is 0 Å². The third-order valence-corrected chi connectivity index (χ3v) is 4.76. The summed E-state index contributed by atoms with van der Waals surface area (Å²) >= 11 is 7.80. The lowest BCUT2D eigenvalue weighted by Gasteiger charge is -2.19. The van der Waals surface area contributed by atoms with Crippen molar-refractivity contribution in [2.45, 2.75) is 43.0 Å². The van der Waals surface area contributed by atoms with E-state index < -0.39 is 0 Å². The van der Waals surface area contributed by atoms with E-state index in [2.05, 4.69) is 17.6 Å². The summed E-state index contributed by atoms with van der Waals surface area (Å²) in [6, 6.07) is 8.24. The molecular formula is C15H21ClN2S. The molecule has 0 aromatic heterocycles. The van der Waals surface area contributed by atoms with Crippen molar-refractivity contribution in [1.29, 1.82) is 0 Å². The molecule has 0 saturated carbocycles. The summed E-state index contributed by atoms with van der Waals surface area (Å²) in [6.45, 7) is 0. The average molecular weight is 297 g/mol. The van der Waals surface area contributed by atoms with Crippen LogP contribution in [0.2, 0.25) is 5.02 Å². The Labute approximate surface area is 124 Å². The van der Waals surface area contributed by atoms with Gasteiger partial charge in [0.15, 0.2) is 0 Å². The minimum Gasteiger partial charge on any atom is -0.271 e. The number of rotatable bonds is 5. The summed E-state index contributed by atoms with van der Waals surface area (Å²) in [5, 5.41) is 0.788. The van der Waals surface area contributed by atoms with Crippen LogP contribution in [0.25, 0.3) is 0 Å². The standard InChI is InChI=1S/C15H21ClN2S/c16-13-8-5-9-14(10-13)19-11-15(18-17)12-6-3-1-2-4-7-12/h5-6,8-10,15,18H,1-4,7,11,17H2. The average Bonchev–Trinajstić information content (AvgIpc) is 2.69. The Balaban J connectivity index is 1.93. The Morgan fingerprint density at radius 3 is 3.00 bits per heavy atom. The zero-order valence-electron chi connectivity index (χ0n) is 11.1. The second-order valence-electron chi connectivity index (χ2n) is 4.87.